The van der Waals surface area contributed by atoms with E-state index in [9.17, 15) is 14.9 Å². The van der Waals surface area contributed by atoms with Crippen molar-refractivity contribution in [3.05, 3.63) is 46.8 Å². The van der Waals surface area contributed by atoms with Crippen LogP contribution in [0.5, 0.6) is 0 Å². The molecule has 0 radical (unpaired) electrons. The lowest BCUT2D eigenvalue weighted by Crippen LogP contribution is -2.24. The number of nitro groups is 1. The summed E-state index contributed by atoms with van der Waals surface area (Å²) in [5.74, 6) is -0.510. The van der Waals surface area contributed by atoms with Crippen molar-refractivity contribution >= 4 is 11.6 Å². The quantitative estimate of drug-likeness (QED) is 0.451. The molecule has 1 aromatic rings. The monoisotopic (exact) mass is 207 g/mol. The molecular formula is C9H9N3O3. The second-order valence-electron chi connectivity index (χ2n) is 2.65. The molecule has 0 aliphatic carbocycles. The van der Waals surface area contributed by atoms with E-state index in [0.717, 1.165) is 6.20 Å². The highest BCUT2D eigenvalue weighted by Crippen LogP contribution is 2.15. The molecule has 0 bridgehead atoms. The van der Waals surface area contributed by atoms with Crippen LogP contribution in [-0.2, 0) is 0 Å². The summed E-state index contributed by atoms with van der Waals surface area (Å²) < 4.78 is 0. The van der Waals surface area contributed by atoms with Crippen LogP contribution >= 0.6 is 0 Å². The molecule has 0 aliphatic rings. The van der Waals surface area contributed by atoms with Crippen molar-refractivity contribution in [1.82, 2.24) is 10.3 Å². The number of amides is 1. The Morgan fingerprint density at radius 1 is 1.73 bits per heavy atom. The van der Waals surface area contributed by atoms with Gasteiger partial charge in [-0.1, -0.05) is 6.08 Å². The molecule has 1 aromatic heterocycles. The van der Waals surface area contributed by atoms with Crippen LogP contribution in [0.3, 0.4) is 0 Å². The Kier molecular flexibility index (Phi) is 3.50. The van der Waals surface area contributed by atoms with Gasteiger partial charge in [-0.25, -0.2) is 0 Å². The highest BCUT2D eigenvalue weighted by Gasteiger charge is 2.18. The van der Waals surface area contributed by atoms with Gasteiger partial charge in [0.05, 0.1) is 4.92 Å². The third-order valence-corrected chi connectivity index (χ3v) is 1.65. The van der Waals surface area contributed by atoms with E-state index in [1.165, 1.54) is 18.3 Å². The van der Waals surface area contributed by atoms with Gasteiger partial charge < -0.3 is 5.32 Å². The summed E-state index contributed by atoms with van der Waals surface area (Å²) >= 11 is 0. The molecule has 0 spiro atoms. The highest BCUT2D eigenvalue weighted by molar-refractivity contribution is 5.97. The minimum atomic E-state index is -0.643. The summed E-state index contributed by atoms with van der Waals surface area (Å²) in [6, 6.07) is 1.30. The van der Waals surface area contributed by atoms with E-state index in [1.54, 1.807) is 0 Å². The lowest BCUT2D eigenvalue weighted by molar-refractivity contribution is -0.385. The van der Waals surface area contributed by atoms with Crippen LogP contribution in [0.1, 0.15) is 10.4 Å². The predicted molar refractivity (Wildman–Crippen MR) is 53.4 cm³/mol. The van der Waals surface area contributed by atoms with Gasteiger partial charge in [-0.2, -0.15) is 0 Å². The van der Waals surface area contributed by atoms with Crippen LogP contribution in [0.15, 0.2) is 31.1 Å². The maximum absolute atomic E-state index is 11.4. The summed E-state index contributed by atoms with van der Waals surface area (Å²) in [7, 11) is 0. The Morgan fingerprint density at radius 2 is 2.47 bits per heavy atom. The van der Waals surface area contributed by atoms with Crippen molar-refractivity contribution in [2.75, 3.05) is 6.54 Å². The van der Waals surface area contributed by atoms with Crippen LogP contribution in [0.25, 0.3) is 0 Å². The van der Waals surface area contributed by atoms with Gasteiger partial charge in [-0.15, -0.1) is 6.58 Å². The molecule has 0 saturated carbocycles. The fraction of sp³-hybridized carbons (Fsp3) is 0.111. The summed E-state index contributed by atoms with van der Waals surface area (Å²) in [4.78, 5) is 24.9. The molecule has 0 fully saturated rings. The SMILES string of the molecule is C=CCNC(=O)c1ccncc1[N+](=O)[O-]. The first kappa shape index (κ1) is 10.8. The van der Waals surface area contributed by atoms with Crippen LogP contribution in [-0.4, -0.2) is 22.4 Å². The molecule has 6 nitrogen and oxygen atoms in total. The van der Waals surface area contributed by atoms with Gasteiger partial charge in [0.2, 0.25) is 0 Å². The molecule has 0 saturated heterocycles. The molecule has 1 amide bonds. The molecule has 0 aliphatic heterocycles. The zero-order valence-electron chi connectivity index (χ0n) is 7.84. The molecular weight excluding hydrogens is 198 g/mol. The number of carbonyl (C=O) groups is 1. The maximum atomic E-state index is 11.4. The van der Waals surface area contributed by atoms with Gasteiger partial charge in [-0.3, -0.25) is 19.9 Å². The van der Waals surface area contributed by atoms with E-state index >= 15 is 0 Å². The summed E-state index contributed by atoms with van der Waals surface area (Å²) in [6.45, 7) is 3.69. The summed E-state index contributed by atoms with van der Waals surface area (Å²) in [5.41, 5.74) is -0.309. The number of nitrogens with zero attached hydrogens (tertiary/aromatic N) is 2. The second kappa shape index (κ2) is 4.85. The number of nitrogens with one attached hydrogen (secondary N) is 1. The average molecular weight is 207 g/mol. The molecule has 1 N–H and O–H groups in total. The Balaban J connectivity index is 2.97. The molecule has 1 heterocycles. The molecule has 1 rings (SSSR count). The number of carbonyl (C=O) groups excluding carboxylic acids is 1. The molecule has 0 unspecified atom stereocenters. The van der Waals surface area contributed by atoms with Gasteiger partial charge in [0.1, 0.15) is 11.8 Å². The topological polar surface area (TPSA) is 85.1 Å². The Morgan fingerprint density at radius 3 is 3.07 bits per heavy atom. The van der Waals surface area contributed by atoms with E-state index in [-0.39, 0.29) is 17.8 Å². The normalized spacial score (nSPS) is 9.33. The lowest BCUT2D eigenvalue weighted by atomic mass is 10.2. The number of pyridine rings is 1. The largest absolute Gasteiger partial charge is 0.348 e. The van der Waals surface area contributed by atoms with Crippen molar-refractivity contribution in [1.29, 1.82) is 0 Å². The fourth-order valence-electron chi connectivity index (χ4n) is 0.984. The van der Waals surface area contributed by atoms with Gasteiger partial charge >= 0.3 is 0 Å². The minimum absolute atomic E-state index is 0.00292. The predicted octanol–water partition coefficient (Wildman–Crippen LogP) is 0.906. The van der Waals surface area contributed by atoms with Crippen LogP contribution in [0.2, 0.25) is 0 Å². The van der Waals surface area contributed by atoms with E-state index < -0.39 is 10.8 Å². The zero-order valence-corrected chi connectivity index (χ0v) is 7.84. The van der Waals surface area contributed by atoms with Crippen molar-refractivity contribution in [3.8, 4) is 0 Å². The molecule has 6 heteroatoms. The molecule has 78 valence electrons. The van der Waals surface area contributed by atoms with Gasteiger partial charge in [0.25, 0.3) is 11.6 Å². The number of hydrogen-bond donors (Lipinski definition) is 1. The standard InChI is InChI=1S/C9H9N3O3/c1-2-4-11-9(13)7-3-5-10-6-8(7)12(14)15/h2-3,5-6H,1,4H2,(H,11,13). The van der Waals surface area contributed by atoms with Crippen molar-refractivity contribution < 1.29 is 9.72 Å². The lowest BCUT2D eigenvalue weighted by Gasteiger charge is -2.02. The van der Waals surface area contributed by atoms with Crippen LogP contribution in [0, 0.1) is 10.1 Å². The number of rotatable bonds is 4. The van der Waals surface area contributed by atoms with E-state index in [2.05, 4.69) is 16.9 Å². The first-order valence-electron chi connectivity index (χ1n) is 4.14. The van der Waals surface area contributed by atoms with Crippen molar-refractivity contribution in [2.24, 2.45) is 0 Å². The van der Waals surface area contributed by atoms with Crippen molar-refractivity contribution in [2.45, 2.75) is 0 Å². The molecule has 0 aromatic carbocycles. The molecule has 0 atom stereocenters. The smallest absolute Gasteiger partial charge is 0.300 e. The van der Waals surface area contributed by atoms with E-state index in [4.69, 9.17) is 0 Å². The van der Waals surface area contributed by atoms with Gasteiger partial charge in [0.15, 0.2) is 0 Å². The van der Waals surface area contributed by atoms with Crippen molar-refractivity contribution in [3.63, 3.8) is 0 Å². The molecule has 15 heavy (non-hydrogen) atoms. The average Bonchev–Trinajstić information content (AvgIpc) is 2.25. The van der Waals surface area contributed by atoms with E-state index in [0.29, 0.717) is 0 Å². The Hall–Kier alpha value is -2.24. The summed E-state index contributed by atoms with van der Waals surface area (Å²) in [6.07, 6.45) is 3.86. The maximum Gasteiger partial charge on any atom is 0.300 e. The minimum Gasteiger partial charge on any atom is -0.348 e. The number of aromatic nitrogens is 1. The van der Waals surface area contributed by atoms with Crippen LogP contribution in [0.4, 0.5) is 5.69 Å². The van der Waals surface area contributed by atoms with Gasteiger partial charge in [0, 0.05) is 12.7 Å². The Bertz CT molecular complexity index is 403. The zero-order chi connectivity index (χ0) is 11.3. The van der Waals surface area contributed by atoms with Gasteiger partial charge in [-0.05, 0) is 6.07 Å². The highest BCUT2D eigenvalue weighted by atomic mass is 16.6. The summed E-state index contributed by atoms with van der Waals surface area (Å²) in [5, 5.41) is 13.0. The first-order chi connectivity index (χ1) is 7.16. The number of hydrogen-bond acceptors (Lipinski definition) is 4. The third kappa shape index (κ3) is 2.60. The van der Waals surface area contributed by atoms with Crippen LogP contribution < -0.4 is 5.32 Å². The Labute approximate surface area is 85.8 Å². The van der Waals surface area contributed by atoms with E-state index in [1.807, 2.05) is 0 Å². The second-order valence-corrected chi connectivity index (χ2v) is 2.65. The first-order valence-corrected chi connectivity index (χ1v) is 4.14. The third-order valence-electron chi connectivity index (χ3n) is 1.65. The fourth-order valence-corrected chi connectivity index (χ4v) is 0.984.